The number of methoxy groups -OCH3 is 1. The van der Waals surface area contributed by atoms with Crippen LogP contribution in [0.25, 0.3) is 0 Å². The number of ether oxygens (including phenoxy) is 1. The Morgan fingerprint density at radius 2 is 2.03 bits per heavy atom. The molecule has 0 spiro atoms. The van der Waals surface area contributed by atoms with E-state index >= 15 is 0 Å². The number of amides is 1. The van der Waals surface area contributed by atoms with Crippen molar-refractivity contribution in [1.29, 1.82) is 0 Å². The minimum atomic E-state index is -0.800. The second-order valence-corrected chi connectivity index (χ2v) is 8.42. The van der Waals surface area contributed by atoms with Gasteiger partial charge in [0.15, 0.2) is 5.69 Å². The van der Waals surface area contributed by atoms with Gasteiger partial charge in [0, 0.05) is 37.4 Å². The van der Waals surface area contributed by atoms with Gasteiger partial charge in [-0.25, -0.2) is 0 Å². The first-order chi connectivity index (χ1) is 14.3. The average Bonchev–Trinajstić information content (AvgIpc) is 2.99. The first-order valence-electron chi connectivity index (χ1n) is 10.7. The lowest BCUT2D eigenvalue weighted by molar-refractivity contribution is -0.00402. The highest BCUT2D eigenvalue weighted by molar-refractivity contribution is 5.93. The quantitative estimate of drug-likeness (QED) is 0.728. The molecule has 2 heterocycles. The molecule has 1 aliphatic heterocycles. The van der Waals surface area contributed by atoms with Crippen LogP contribution in [0.2, 0.25) is 0 Å². The molecule has 164 valence electrons. The topological polar surface area (TPSA) is 81.7 Å². The molecule has 2 aromatic rings. The van der Waals surface area contributed by atoms with Gasteiger partial charge in [-0.1, -0.05) is 19.1 Å². The minimum Gasteiger partial charge on any atom is -0.497 e. The number of hydrogen-bond acceptors (Lipinski definition) is 5. The molecule has 1 saturated heterocycles. The molecular weight excluding hydrogens is 380 g/mol. The third-order valence-electron chi connectivity index (χ3n) is 6.05. The Morgan fingerprint density at radius 3 is 2.67 bits per heavy atom. The lowest BCUT2D eigenvalue weighted by atomic mass is 9.94. The Hall–Kier alpha value is -2.38. The molecule has 7 nitrogen and oxygen atoms in total. The summed E-state index contributed by atoms with van der Waals surface area (Å²) in [7, 11) is 3.68. The molecule has 1 atom stereocenters. The van der Waals surface area contributed by atoms with Gasteiger partial charge in [0.1, 0.15) is 5.75 Å². The molecule has 30 heavy (non-hydrogen) atoms. The number of nitrogens with one attached hydrogen (secondary N) is 1. The smallest absolute Gasteiger partial charge is 0.274 e. The summed E-state index contributed by atoms with van der Waals surface area (Å²) in [5.74, 6) is 0.797. The predicted octanol–water partition coefficient (Wildman–Crippen LogP) is 2.78. The Bertz CT molecular complexity index is 849. The number of aryl methyl sites for hydroxylation is 1. The van der Waals surface area contributed by atoms with Crippen LogP contribution in [0.1, 0.15) is 53.5 Å². The van der Waals surface area contributed by atoms with E-state index in [1.165, 1.54) is 5.56 Å². The molecule has 1 aromatic carbocycles. The van der Waals surface area contributed by atoms with Crippen molar-refractivity contribution in [3.63, 3.8) is 0 Å². The summed E-state index contributed by atoms with van der Waals surface area (Å²) >= 11 is 0. The van der Waals surface area contributed by atoms with Crippen LogP contribution in [-0.4, -0.2) is 70.4 Å². The highest BCUT2D eigenvalue weighted by atomic mass is 16.5. The summed E-state index contributed by atoms with van der Waals surface area (Å²) < 4.78 is 5.21. The third-order valence-corrected chi connectivity index (χ3v) is 6.05. The maximum absolute atomic E-state index is 13.0. The predicted molar refractivity (Wildman–Crippen MR) is 117 cm³/mol. The van der Waals surface area contributed by atoms with E-state index in [0.717, 1.165) is 36.4 Å². The van der Waals surface area contributed by atoms with Crippen molar-refractivity contribution >= 4 is 5.91 Å². The number of H-pyrrole nitrogens is 1. The van der Waals surface area contributed by atoms with Gasteiger partial charge in [0.25, 0.3) is 5.91 Å². The number of hydrogen-bond donors (Lipinski definition) is 2. The molecule has 1 aromatic heterocycles. The molecule has 1 aliphatic rings. The van der Waals surface area contributed by atoms with Crippen LogP contribution in [0.3, 0.4) is 0 Å². The van der Waals surface area contributed by atoms with Gasteiger partial charge < -0.3 is 14.7 Å². The number of aliphatic hydroxyl groups is 1. The van der Waals surface area contributed by atoms with Gasteiger partial charge in [0.05, 0.1) is 12.7 Å². The van der Waals surface area contributed by atoms with E-state index in [2.05, 4.69) is 15.1 Å². The van der Waals surface area contributed by atoms with Crippen molar-refractivity contribution in [2.45, 2.75) is 51.7 Å². The van der Waals surface area contributed by atoms with Crippen molar-refractivity contribution in [1.82, 2.24) is 20.0 Å². The fourth-order valence-corrected chi connectivity index (χ4v) is 4.28. The fraction of sp³-hybridized carbons (Fsp3) is 0.565. The molecule has 0 saturated carbocycles. The lowest BCUT2D eigenvalue weighted by Crippen LogP contribution is -2.42. The molecule has 7 heteroatoms. The zero-order valence-electron chi connectivity index (χ0n) is 18.6. The highest BCUT2D eigenvalue weighted by Gasteiger charge is 2.33. The van der Waals surface area contributed by atoms with Gasteiger partial charge in [-0.3, -0.25) is 14.8 Å². The molecule has 0 unspecified atom stereocenters. The molecule has 2 N–H and O–H groups in total. The van der Waals surface area contributed by atoms with Crippen LogP contribution >= 0.6 is 0 Å². The van der Waals surface area contributed by atoms with Gasteiger partial charge in [-0.2, -0.15) is 5.10 Å². The summed E-state index contributed by atoms with van der Waals surface area (Å²) in [5, 5.41) is 18.4. The maximum atomic E-state index is 13.0. The number of likely N-dealkylation sites (N-methyl/N-ethyl adjacent to an activating group) is 1. The molecule has 0 aliphatic carbocycles. The zero-order valence-corrected chi connectivity index (χ0v) is 18.6. The summed E-state index contributed by atoms with van der Waals surface area (Å²) in [5.41, 5.74) is 2.82. The van der Waals surface area contributed by atoms with Crippen molar-refractivity contribution < 1.29 is 14.6 Å². The number of nitrogens with zero attached hydrogens (tertiary/aromatic N) is 3. The van der Waals surface area contributed by atoms with E-state index in [1.54, 1.807) is 7.11 Å². The third kappa shape index (κ3) is 5.21. The van der Waals surface area contributed by atoms with Gasteiger partial charge in [-0.05, 0) is 57.4 Å². The first kappa shape index (κ1) is 22.3. The van der Waals surface area contributed by atoms with Crippen LogP contribution in [0, 0.1) is 6.92 Å². The van der Waals surface area contributed by atoms with Crippen LogP contribution in [0.5, 0.6) is 5.75 Å². The van der Waals surface area contributed by atoms with E-state index in [1.807, 2.05) is 50.1 Å². The Morgan fingerprint density at radius 1 is 1.30 bits per heavy atom. The maximum Gasteiger partial charge on any atom is 0.274 e. The minimum absolute atomic E-state index is 0.0423. The molecule has 3 rings (SSSR count). The molecule has 0 radical (unpaired) electrons. The number of benzene rings is 1. The van der Waals surface area contributed by atoms with E-state index in [-0.39, 0.29) is 5.91 Å². The van der Waals surface area contributed by atoms with Crippen molar-refractivity contribution in [3.8, 4) is 5.75 Å². The molecular formula is C23H34N4O3. The molecule has 1 amide bonds. The number of carbonyl (C=O) groups excluding carboxylic acids is 1. The normalized spacial score (nSPS) is 19.7. The van der Waals surface area contributed by atoms with Gasteiger partial charge >= 0.3 is 0 Å². The van der Waals surface area contributed by atoms with Crippen LogP contribution in [0.15, 0.2) is 24.3 Å². The van der Waals surface area contributed by atoms with Gasteiger partial charge in [0.2, 0.25) is 0 Å². The summed E-state index contributed by atoms with van der Waals surface area (Å²) in [6.07, 6.45) is 2.86. The van der Waals surface area contributed by atoms with E-state index < -0.39 is 5.60 Å². The summed E-state index contributed by atoms with van der Waals surface area (Å²) in [4.78, 5) is 17.0. The Kier molecular flexibility index (Phi) is 7.15. The number of carbonyl (C=O) groups is 1. The van der Waals surface area contributed by atoms with Crippen LogP contribution < -0.4 is 4.74 Å². The monoisotopic (exact) mass is 414 g/mol. The number of likely N-dealkylation sites (tertiary alicyclic amines) is 1. The highest BCUT2D eigenvalue weighted by Crippen LogP contribution is 2.25. The van der Waals surface area contributed by atoms with E-state index in [4.69, 9.17) is 4.74 Å². The zero-order chi connectivity index (χ0) is 21.7. The largest absolute Gasteiger partial charge is 0.497 e. The molecule has 1 fully saturated rings. The second kappa shape index (κ2) is 9.62. The van der Waals surface area contributed by atoms with Crippen LogP contribution in [0.4, 0.5) is 0 Å². The van der Waals surface area contributed by atoms with Gasteiger partial charge in [-0.15, -0.1) is 0 Å². The Labute approximate surface area is 179 Å². The molecule has 0 bridgehead atoms. The van der Waals surface area contributed by atoms with Crippen molar-refractivity contribution in [3.05, 3.63) is 46.8 Å². The van der Waals surface area contributed by atoms with E-state index in [0.29, 0.717) is 38.2 Å². The van der Waals surface area contributed by atoms with E-state index in [9.17, 15) is 9.90 Å². The fourth-order valence-electron chi connectivity index (χ4n) is 4.28. The first-order valence-corrected chi connectivity index (χ1v) is 10.7. The standard InChI is InChI=1S/C23H34N4O3/c1-5-20-17(2)21(25-24-20)22(28)27-13-6-11-23(29,12-14-27)16-26(3)15-18-7-9-19(30-4)10-8-18/h7-10,29H,5-6,11-16H2,1-4H3,(H,24,25)/t23-/m0/s1. The lowest BCUT2D eigenvalue weighted by Gasteiger charge is -2.31. The van der Waals surface area contributed by atoms with Crippen molar-refractivity contribution in [2.75, 3.05) is 33.8 Å². The number of aromatic amines is 1. The van der Waals surface area contributed by atoms with Crippen LogP contribution in [-0.2, 0) is 13.0 Å². The summed E-state index contributed by atoms with van der Waals surface area (Å²) in [6, 6.07) is 8.00. The number of aromatic nitrogens is 2. The SMILES string of the molecule is CCc1[nH]nc(C(=O)N2CCC[C@@](O)(CN(C)Cc3ccc(OC)cc3)CC2)c1C. The van der Waals surface area contributed by atoms with Crippen molar-refractivity contribution in [2.24, 2.45) is 0 Å². The summed E-state index contributed by atoms with van der Waals surface area (Å²) in [6.45, 7) is 6.50. The second-order valence-electron chi connectivity index (χ2n) is 8.42. The Balaban J connectivity index is 1.58. The average molecular weight is 415 g/mol. The number of rotatable bonds is 7.